The number of hydrogen-bond acceptors (Lipinski definition) is 6. The van der Waals surface area contributed by atoms with E-state index in [1.165, 1.54) is 0 Å². The zero-order chi connectivity index (χ0) is 19.2. The Bertz CT molecular complexity index is 1020. The summed E-state index contributed by atoms with van der Waals surface area (Å²) < 4.78 is 5.14. The molecule has 0 unspecified atom stereocenters. The van der Waals surface area contributed by atoms with Gasteiger partial charge in [0.1, 0.15) is 5.75 Å². The van der Waals surface area contributed by atoms with Crippen molar-refractivity contribution < 1.29 is 9.53 Å². The molecule has 0 aliphatic heterocycles. The second-order valence-corrected chi connectivity index (χ2v) is 7.17. The van der Waals surface area contributed by atoms with Gasteiger partial charge in [0.2, 0.25) is 5.95 Å². The number of aromatic amines is 1. The fraction of sp³-hybridized carbons (Fsp3) is 0.263. The van der Waals surface area contributed by atoms with Crippen molar-refractivity contribution in [3.63, 3.8) is 0 Å². The maximum absolute atomic E-state index is 12.9. The molecule has 0 saturated heterocycles. The van der Waals surface area contributed by atoms with Crippen molar-refractivity contribution in [2.75, 3.05) is 18.2 Å². The Kier molecular flexibility index (Phi) is 3.83. The Labute approximate surface area is 156 Å². The van der Waals surface area contributed by atoms with Gasteiger partial charge >= 0.3 is 0 Å². The van der Waals surface area contributed by atoms with Gasteiger partial charge in [-0.3, -0.25) is 9.89 Å². The van der Waals surface area contributed by atoms with Crippen molar-refractivity contribution in [1.29, 1.82) is 0 Å². The molecule has 8 nitrogen and oxygen atoms in total. The van der Waals surface area contributed by atoms with Crippen molar-refractivity contribution in [3.05, 3.63) is 47.3 Å². The molecule has 0 bridgehead atoms. The Morgan fingerprint density at radius 3 is 2.74 bits per heavy atom. The summed E-state index contributed by atoms with van der Waals surface area (Å²) in [4.78, 5) is 21.3. The number of benzene rings is 1. The monoisotopic (exact) mass is 364 g/mol. The lowest BCUT2D eigenvalue weighted by molar-refractivity contribution is 0.102. The third kappa shape index (κ3) is 2.88. The third-order valence-electron chi connectivity index (χ3n) is 4.76. The minimum absolute atomic E-state index is 0.193. The first-order valence-corrected chi connectivity index (χ1v) is 8.55. The van der Waals surface area contributed by atoms with Crippen LogP contribution in [-0.4, -0.2) is 33.2 Å². The van der Waals surface area contributed by atoms with Gasteiger partial charge in [-0.2, -0.15) is 5.10 Å². The standard InChI is InChI=1S/C19H20N6O2/c1-19(2)8-10-9-21-18(20)23-14(10)15-13(19)16(25-24-15)17(26)22-11-4-6-12(27-3)7-5-11/h4-7,9H,8H2,1-3H3,(H,22,26)(H,24,25)(H2,20,21,23). The van der Waals surface area contributed by atoms with Gasteiger partial charge < -0.3 is 15.8 Å². The number of rotatable bonds is 3. The van der Waals surface area contributed by atoms with E-state index in [1.54, 1.807) is 37.6 Å². The summed E-state index contributed by atoms with van der Waals surface area (Å²) >= 11 is 0. The molecule has 0 saturated carbocycles. The normalized spacial score (nSPS) is 14.2. The van der Waals surface area contributed by atoms with E-state index in [1.807, 2.05) is 0 Å². The van der Waals surface area contributed by atoms with E-state index >= 15 is 0 Å². The summed E-state index contributed by atoms with van der Waals surface area (Å²) in [5.74, 6) is 0.634. The molecule has 3 aromatic rings. The molecule has 2 aromatic heterocycles. The minimum Gasteiger partial charge on any atom is -0.497 e. The number of anilines is 2. The molecule has 0 spiro atoms. The number of nitrogens with one attached hydrogen (secondary N) is 2. The molecule has 0 atom stereocenters. The van der Waals surface area contributed by atoms with E-state index in [0.29, 0.717) is 23.5 Å². The van der Waals surface area contributed by atoms with Gasteiger partial charge in [-0.1, -0.05) is 13.8 Å². The van der Waals surface area contributed by atoms with Crippen LogP contribution >= 0.6 is 0 Å². The summed E-state index contributed by atoms with van der Waals surface area (Å²) in [6, 6.07) is 7.14. The molecule has 8 heteroatoms. The SMILES string of the molecule is COc1ccc(NC(=O)c2n[nH]c3c2C(C)(C)Cc2cnc(N)nc2-3)cc1. The molecular formula is C19H20N6O2. The fourth-order valence-corrected chi connectivity index (χ4v) is 3.53. The highest BCUT2D eigenvalue weighted by Crippen LogP contribution is 2.42. The number of carbonyl (C=O) groups excluding carboxylic acids is 1. The Hall–Kier alpha value is -3.42. The van der Waals surface area contributed by atoms with Crippen LogP contribution in [0, 0.1) is 0 Å². The van der Waals surface area contributed by atoms with E-state index in [-0.39, 0.29) is 17.3 Å². The number of amides is 1. The maximum Gasteiger partial charge on any atom is 0.276 e. The van der Waals surface area contributed by atoms with Gasteiger partial charge in [-0.05, 0) is 41.7 Å². The molecule has 0 fully saturated rings. The van der Waals surface area contributed by atoms with Crippen LogP contribution in [0.15, 0.2) is 30.5 Å². The molecule has 0 radical (unpaired) electrons. The van der Waals surface area contributed by atoms with Crippen molar-refractivity contribution in [3.8, 4) is 17.1 Å². The minimum atomic E-state index is -0.304. The number of hydrogen-bond donors (Lipinski definition) is 3. The lowest BCUT2D eigenvalue weighted by atomic mass is 9.73. The quantitative estimate of drug-likeness (QED) is 0.657. The average molecular weight is 364 g/mol. The van der Waals surface area contributed by atoms with Crippen LogP contribution in [0.5, 0.6) is 5.75 Å². The summed E-state index contributed by atoms with van der Waals surface area (Å²) in [6.07, 6.45) is 2.43. The lowest BCUT2D eigenvalue weighted by Gasteiger charge is -2.31. The number of nitrogens with two attached hydrogens (primary N) is 1. The number of carbonyl (C=O) groups is 1. The lowest BCUT2D eigenvalue weighted by Crippen LogP contribution is -2.29. The molecule has 1 aliphatic carbocycles. The van der Waals surface area contributed by atoms with Crippen molar-refractivity contribution in [2.24, 2.45) is 0 Å². The van der Waals surface area contributed by atoms with Crippen LogP contribution < -0.4 is 15.8 Å². The van der Waals surface area contributed by atoms with Crippen LogP contribution in [0.4, 0.5) is 11.6 Å². The van der Waals surface area contributed by atoms with E-state index < -0.39 is 0 Å². The Balaban J connectivity index is 1.72. The van der Waals surface area contributed by atoms with E-state index in [4.69, 9.17) is 10.5 Å². The molecule has 27 heavy (non-hydrogen) atoms. The van der Waals surface area contributed by atoms with Gasteiger partial charge in [0.05, 0.1) is 18.5 Å². The average Bonchev–Trinajstić information content (AvgIpc) is 3.10. The van der Waals surface area contributed by atoms with E-state index in [2.05, 4.69) is 39.3 Å². The van der Waals surface area contributed by atoms with Crippen molar-refractivity contribution in [1.82, 2.24) is 20.2 Å². The Morgan fingerprint density at radius 1 is 1.30 bits per heavy atom. The molecule has 4 N–H and O–H groups in total. The first-order chi connectivity index (χ1) is 12.9. The number of fused-ring (bicyclic) bond motifs is 3. The smallest absolute Gasteiger partial charge is 0.276 e. The zero-order valence-electron chi connectivity index (χ0n) is 15.3. The number of nitrogen functional groups attached to an aromatic ring is 1. The summed E-state index contributed by atoms with van der Waals surface area (Å²) in [7, 11) is 1.60. The zero-order valence-corrected chi connectivity index (χ0v) is 15.3. The van der Waals surface area contributed by atoms with Crippen molar-refractivity contribution in [2.45, 2.75) is 25.7 Å². The number of H-pyrrole nitrogens is 1. The summed E-state index contributed by atoms with van der Waals surface area (Å²) in [6.45, 7) is 4.15. The van der Waals surface area contributed by atoms with Gasteiger partial charge in [-0.25, -0.2) is 9.97 Å². The van der Waals surface area contributed by atoms with E-state index in [9.17, 15) is 4.79 Å². The molecule has 2 heterocycles. The molecule has 1 amide bonds. The van der Waals surface area contributed by atoms with Gasteiger partial charge in [0, 0.05) is 17.4 Å². The highest BCUT2D eigenvalue weighted by Gasteiger charge is 2.38. The van der Waals surface area contributed by atoms with Gasteiger partial charge in [0.25, 0.3) is 5.91 Å². The fourth-order valence-electron chi connectivity index (χ4n) is 3.53. The van der Waals surface area contributed by atoms with Crippen LogP contribution in [-0.2, 0) is 11.8 Å². The highest BCUT2D eigenvalue weighted by atomic mass is 16.5. The van der Waals surface area contributed by atoms with Crippen LogP contribution in [0.2, 0.25) is 0 Å². The number of aromatic nitrogens is 4. The van der Waals surface area contributed by atoms with E-state index in [0.717, 1.165) is 22.6 Å². The van der Waals surface area contributed by atoms with Crippen molar-refractivity contribution >= 4 is 17.5 Å². The first-order valence-electron chi connectivity index (χ1n) is 8.55. The molecular weight excluding hydrogens is 344 g/mol. The van der Waals surface area contributed by atoms with Crippen LogP contribution in [0.1, 0.15) is 35.5 Å². The second-order valence-electron chi connectivity index (χ2n) is 7.17. The molecule has 1 aromatic carbocycles. The molecule has 1 aliphatic rings. The third-order valence-corrected chi connectivity index (χ3v) is 4.76. The van der Waals surface area contributed by atoms with Crippen LogP contribution in [0.25, 0.3) is 11.4 Å². The highest BCUT2D eigenvalue weighted by molar-refractivity contribution is 6.05. The number of nitrogens with zero attached hydrogens (tertiary/aromatic N) is 3. The maximum atomic E-state index is 12.9. The largest absolute Gasteiger partial charge is 0.497 e. The van der Waals surface area contributed by atoms with Crippen LogP contribution in [0.3, 0.4) is 0 Å². The number of methoxy groups -OCH3 is 1. The topological polar surface area (TPSA) is 119 Å². The first kappa shape index (κ1) is 17.0. The van der Waals surface area contributed by atoms with Gasteiger partial charge in [-0.15, -0.1) is 0 Å². The number of ether oxygens (including phenoxy) is 1. The van der Waals surface area contributed by atoms with Gasteiger partial charge in [0.15, 0.2) is 5.69 Å². The predicted molar refractivity (Wildman–Crippen MR) is 102 cm³/mol. The summed E-state index contributed by atoms with van der Waals surface area (Å²) in [5, 5.41) is 10.1. The Morgan fingerprint density at radius 2 is 2.04 bits per heavy atom. The summed E-state index contributed by atoms with van der Waals surface area (Å²) in [5.41, 5.74) is 9.70. The second kappa shape index (κ2) is 6.08. The predicted octanol–water partition coefficient (Wildman–Crippen LogP) is 2.54. The molecule has 138 valence electrons. The molecule has 4 rings (SSSR count).